The third-order valence-corrected chi connectivity index (χ3v) is 7.24. The van der Waals surface area contributed by atoms with Crippen LogP contribution in [-0.4, -0.2) is 31.3 Å². The molecule has 37 heavy (non-hydrogen) atoms. The monoisotopic (exact) mass is 540 g/mol. The van der Waals surface area contributed by atoms with E-state index in [1.165, 1.54) is 20.8 Å². The molecule has 2 rings (SSSR count). The van der Waals surface area contributed by atoms with Crippen LogP contribution >= 0.6 is 7.82 Å². The van der Waals surface area contributed by atoms with Crippen molar-refractivity contribution in [2.24, 2.45) is 16.7 Å². The van der Waals surface area contributed by atoms with Crippen molar-refractivity contribution in [2.75, 3.05) is 13.6 Å². The zero-order chi connectivity index (χ0) is 28.2. The summed E-state index contributed by atoms with van der Waals surface area (Å²) in [6, 6.07) is 5.93. The molecular weight excluding hydrogens is 499 g/mol. The summed E-state index contributed by atoms with van der Waals surface area (Å²) >= 11 is 0. The summed E-state index contributed by atoms with van der Waals surface area (Å²) in [7, 11) is -4.70. The van der Waals surface area contributed by atoms with Gasteiger partial charge < -0.3 is 14.0 Å². The number of carbonyl (C=O) groups is 3. The predicted octanol–water partition coefficient (Wildman–Crippen LogP) is 6.51. The van der Waals surface area contributed by atoms with Gasteiger partial charge in [-0.3, -0.25) is 9.59 Å². The molecule has 9 nitrogen and oxygen atoms in total. The zero-order valence-corrected chi connectivity index (χ0v) is 24.3. The first kappa shape index (κ1) is 31.0. The Morgan fingerprint density at radius 2 is 1.49 bits per heavy atom. The third-order valence-electron chi connectivity index (χ3n) is 6.01. The Morgan fingerprint density at radius 3 is 2.00 bits per heavy atom. The van der Waals surface area contributed by atoms with Crippen molar-refractivity contribution in [3.05, 3.63) is 29.3 Å². The van der Waals surface area contributed by atoms with Crippen molar-refractivity contribution in [2.45, 2.75) is 87.0 Å². The molecule has 1 saturated carbocycles. The molecule has 1 aliphatic carbocycles. The summed E-state index contributed by atoms with van der Waals surface area (Å²) < 4.78 is 39.5. The molecule has 0 N–H and O–H groups in total. The van der Waals surface area contributed by atoms with Crippen LogP contribution in [0.25, 0.3) is 0 Å². The summed E-state index contributed by atoms with van der Waals surface area (Å²) in [5, 5.41) is 0. The number of ether oxygens (including phenoxy) is 2. The van der Waals surface area contributed by atoms with Gasteiger partial charge in [-0.15, -0.1) is 0 Å². The molecule has 0 saturated heterocycles. The van der Waals surface area contributed by atoms with E-state index in [4.69, 9.17) is 23.0 Å². The second kappa shape index (κ2) is 12.1. The molecule has 1 fully saturated rings. The lowest BCUT2D eigenvalue weighted by molar-refractivity contribution is -0.162. The van der Waals surface area contributed by atoms with Gasteiger partial charge in [0.15, 0.2) is 0 Å². The van der Waals surface area contributed by atoms with Crippen molar-refractivity contribution in [1.82, 2.24) is 0 Å². The largest absolute Gasteiger partial charge is 0.538 e. The Morgan fingerprint density at radius 1 is 0.919 bits per heavy atom. The van der Waals surface area contributed by atoms with E-state index in [-0.39, 0.29) is 11.8 Å². The number of phosphoric acid groups is 1. The fraction of sp³-hybridized carbons (Fsp3) is 0.667. The molecule has 0 aromatic heterocycles. The third kappa shape index (κ3) is 8.94. The zero-order valence-electron chi connectivity index (χ0n) is 23.4. The molecule has 0 amide bonds. The molecule has 2 atom stereocenters. The highest BCUT2D eigenvalue weighted by atomic mass is 31.2. The Labute approximate surface area is 220 Å². The van der Waals surface area contributed by atoms with Crippen molar-refractivity contribution < 1.29 is 42.0 Å². The molecule has 208 valence electrons. The Bertz CT molecular complexity index is 1030. The Hall–Kier alpha value is -2.22. The topological polar surface area (TPSA) is 114 Å². The molecule has 0 spiro atoms. The number of carbonyl (C=O) groups excluding carboxylic acids is 3. The van der Waals surface area contributed by atoms with Crippen molar-refractivity contribution in [3.8, 4) is 5.75 Å². The first-order chi connectivity index (χ1) is 17.0. The second-order valence-corrected chi connectivity index (χ2v) is 13.4. The summed E-state index contributed by atoms with van der Waals surface area (Å²) in [5.41, 5.74) is 0.0301. The summed E-state index contributed by atoms with van der Waals surface area (Å²) in [6.45, 7) is 14.3. The van der Waals surface area contributed by atoms with Crippen LogP contribution in [0.4, 0.5) is 0 Å². The first-order valence-corrected chi connectivity index (χ1v) is 14.0. The van der Waals surface area contributed by atoms with Gasteiger partial charge in [-0.1, -0.05) is 59.7 Å². The highest BCUT2D eigenvalue weighted by molar-refractivity contribution is 7.49. The molecule has 10 heteroatoms. The number of hydrogen-bond acceptors (Lipinski definition) is 9. The minimum absolute atomic E-state index is 0.142. The molecule has 0 heterocycles. The number of para-hydroxylation sites is 1. The molecule has 1 aliphatic rings. The lowest BCUT2D eigenvalue weighted by atomic mass is 9.90. The van der Waals surface area contributed by atoms with E-state index in [0.717, 1.165) is 24.0 Å². The van der Waals surface area contributed by atoms with Crippen LogP contribution < -0.4 is 4.74 Å². The van der Waals surface area contributed by atoms with Gasteiger partial charge in [0.1, 0.15) is 5.75 Å². The first-order valence-electron chi connectivity index (χ1n) is 12.6. The van der Waals surface area contributed by atoms with E-state index in [1.54, 1.807) is 20.8 Å². The van der Waals surface area contributed by atoms with Crippen molar-refractivity contribution in [3.63, 3.8) is 0 Å². The maximum Gasteiger partial charge on any atom is 0.538 e. The van der Waals surface area contributed by atoms with E-state index in [2.05, 4.69) is 6.92 Å². The number of hydrogen-bond donors (Lipinski definition) is 0. The van der Waals surface area contributed by atoms with Gasteiger partial charge in [0.2, 0.25) is 19.4 Å². The minimum Gasteiger partial charge on any atom is -0.466 e. The summed E-state index contributed by atoms with van der Waals surface area (Å²) in [6.07, 6.45) is 2.30. The quantitative estimate of drug-likeness (QED) is 0.127. The lowest BCUT2D eigenvalue weighted by Crippen LogP contribution is -2.30. The van der Waals surface area contributed by atoms with Crippen LogP contribution in [0, 0.1) is 16.7 Å². The SMILES string of the molecule is CC(C)c1cccc([C@H](C)C2CC2)c1OCOP(=O)(OCOC(=O)C(C)(C)C)OC(=O)C(=O)C(C)(C)C. The van der Waals surface area contributed by atoms with Crippen LogP contribution in [0.1, 0.15) is 98.1 Å². The molecule has 0 aliphatic heterocycles. The van der Waals surface area contributed by atoms with E-state index in [1.807, 2.05) is 32.0 Å². The highest BCUT2D eigenvalue weighted by Crippen LogP contribution is 2.51. The smallest absolute Gasteiger partial charge is 0.466 e. The van der Waals surface area contributed by atoms with Crippen LogP contribution in [-0.2, 0) is 37.3 Å². The normalized spacial score (nSPS) is 16.6. The standard InChI is InChI=1S/C27H41O9P/c1-17(2)20-11-10-12-21(18(3)19-13-14-19)22(20)32-15-34-37(31,35-16-33-25(30)27(7,8)9)36-24(29)23(28)26(4,5)6/h10-12,17-19H,13-16H2,1-9H3/t18-,37?/m1/s1. The lowest BCUT2D eigenvalue weighted by Gasteiger charge is -2.23. The molecule has 1 aromatic rings. The minimum atomic E-state index is -4.70. The molecule has 0 bridgehead atoms. The fourth-order valence-electron chi connectivity index (χ4n) is 3.45. The van der Waals surface area contributed by atoms with Crippen LogP contribution in [0.15, 0.2) is 18.2 Å². The Balaban J connectivity index is 2.21. The van der Waals surface area contributed by atoms with E-state index < -0.39 is 50.0 Å². The van der Waals surface area contributed by atoms with E-state index in [0.29, 0.717) is 11.7 Å². The van der Waals surface area contributed by atoms with Gasteiger partial charge in [-0.05, 0) is 62.5 Å². The highest BCUT2D eigenvalue weighted by Gasteiger charge is 2.39. The van der Waals surface area contributed by atoms with E-state index >= 15 is 0 Å². The van der Waals surface area contributed by atoms with Gasteiger partial charge in [0, 0.05) is 5.41 Å². The molecule has 0 radical (unpaired) electrons. The van der Waals surface area contributed by atoms with Crippen LogP contribution in [0.2, 0.25) is 0 Å². The van der Waals surface area contributed by atoms with Gasteiger partial charge in [-0.25, -0.2) is 18.4 Å². The average Bonchev–Trinajstić information content (AvgIpc) is 3.62. The average molecular weight is 541 g/mol. The molecular formula is C27H41O9P. The Kier molecular flexibility index (Phi) is 10.1. The van der Waals surface area contributed by atoms with Crippen molar-refractivity contribution in [1.29, 1.82) is 0 Å². The fourth-order valence-corrected chi connectivity index (χ4v) is 4.28. The molecule has 1 unspecified atom stereocenters. The van der Waals surface area contributed by atoms with Crippen LogP contribution in [0.5, 0.6) is 5.75 Å². The number of benzene rings is 1. The summed E-state index contributed by atoms with van der Waals surface area (Å²) in [4.78, 5) is 36.8. The maximum atomic E-state index is 13.3. The number of rotatable bonds is 12. The van der Waals surface area contributed by atoms with Gasteiger partial charge in [0.05, 0.1) is 5.41 Å². The van der Waals surface area contributed by atoms with Gasteiger partial charge in [-0.2, -0.15) is 0 Å². The molecule has 1 aromatic carbocycles. The summed E-state index contributed by atoms with van der Waals surface area (Å²) in [5.74, 6) is -1.35. The second-order valence-electron chi connectivity index (χ2n) is 11.8. The van der Waals surface area contributed by atoms with Crippen LogP contribution in [0.3, 0.4) is 0 Å². The van der Waals surface area contributed by atoms with Gasteiger partial charge >= 0.3 is 19.8 Å². The van der Waals surface area contributed by atoms with Gasteiger partial charge in [0.25, 0.3) is 0 Å². The number of phosphoric ester groups is 1. The number of esters is 1. The maximum absolute atomic E-state index is 13.3. The number of ketones is 1. The van der Waals surface area contributed by atoms with E-state index in [9.17, 15) is 18.9 Å². The number of Topliss-reactive ketones (excluding diaryl/α,β-unsaturated/α-hetero) is 1. The predicted molar refractivity (Wildman–Crippen MR) is 138 cm³/mol. The van der Waals surface area contributed by atoms with Crippen molar-refractivity contribution >= 4 is 25.5 Å².